The molecule has 0 fully saturated rings. The molecule has 0 bridgehead atoms. The number of nitrogens with zero attached hydrogens (tertiary/aromatic N) is 4. The monoisotopic (exact) mass is 894 g/mol. The van der Waals surface area contributed by atoms with Crippen LogP contribution in [0.4, 0.5) is 0 Å². The fourth-order valence-electron chi connectivity index (χ4n) is 11.5. The molecule has 1 unspecified atom stereocenters. The van der Waals surface area contributed by atoms with Crippen molar-refractivity contribution < 1.29 is 9.15 Å². The molecule has 0 amide bonds. The lowest BCUT2D eigenvalue weighted by Crippen LogP contribution is -2.37. The van der Waals surface area contributed by atoms with Gasteiger partial charge in [0.25, 0.3) is 0 Å². The molecule has 5 heterocycles. The number of benzene rings is 10. The van der Waals surface area contributed by atoms with Gasteiger partial charge in [-0.2, -0.15) is 0 Å². The number of para-hydroxylation sites is 5. The normalized spacial score (nSPS) is 14.5. The third kappa shape index (κ3) is 5.47. The number of rotatable bonds is 5. The highest BCUT2D eigenvalue weighted by Crippen LogP contribution is 2.61. The number of aromatic nitrogens is 4. The quantitative estimate of drug-likeness (QED) is 0.172. The number of hydrogen-bond acceptors (Lipinski definition) is 5. The molecular formula is C64H38N4O2. The highest BCUT2D eigenvalue weighted by Gasteiger charge is 2.50. The molecule has 70 heavy (non-hydrogen) atoms. The van der Waals surface area contributed by atoms with Crippen LogP contribution in [0.1, 0.15) is 22.3 Å². The van der Waals surface area contributed by atoms with Gasteiger partial charge in [-0.3, -0.25) is 0 Å². The van der Waals surface area contributed by atoms with E-state index in [-0.39, 0.29) is 0 Å². The van der Waals surface area contributed by atoms with Gasteiger partial charge in [0.1, 0.15) is 22.7 Å². The summed E-state index contributed by atoms with van der Waals surface area (Å²) in [7, 11) is 0. The van der Waals surface area contributed by atoms with Gasteiger partial charge < -0.3 is 13.7 Å². The highest BCUT2D eigenvalue weighted by atomic mass is 16.5. The van der Waals surface area contributed by atoms with Gasteiger partial charge in [-0.25, -0.2) is 15.0 Å². The standard InChI is InChI=1S/C64H38N4O2/c1-3-17-39(18-4-1)41-21-15-22-43(37-41)62-65-61(40-19-5-2-6-20-40)66-63(67-62)48-35-34-44(60-58(48)47-24-8-13-31-55(47)70-60)42-33-36-51-57(38-42)69-56-32-14-10-27-50(56)64(51)49-26-9-12-30-54(49)68-53-29-11-7-23-45(53)46-25-16-28-52(64)59(46)68/h1-38H. The Balaban J connectivity index is 0.945. The lowest BCUT2D eigenvalue weighted by atomic mass is 9.61. The lowest BCUT2D eigenvalue weighted by molar-refractivity contribution is 0.434. The summed E-state index contributed by atoms with van der Waals surface area (Å²) in [4.78, 5) is 15.6. The minimum absolute atomic E-state index is 0.562. The van der Waals surface area contributed by atoms with Crippen LogP contribution < -0.4 is 4.74 Å². The minimum Gasteiger partial charge on any atom is -0.457 e. The number of ether oxygens (including phenoxy) is 1. The molecular weight excluding hydrogens is 857 g/mol. The van der Waals surface area contributed by atoms with Crippen molar-refractivity contribution in [3.63, 3.8) is 0 Å². The van der Waals surface area contributed by atoms with Gasteiger partial charge in [-0.15, -0.1) is 0 Å². The maximum absolute atomic E-state index is 7.07. The number of furan rings is 1. The van der Waals surface area contributed by atoms with E-state index in [0.717, 1.165) is 83.5 Å². The highest BCUT2D eigenvalue weighted by molar-refractivity contribution is 6.16. The molecule has 0 aliphatic carbocycles. The van der Waals surface area contributed by atoms with E-state index in [1.54, 1.807) is 0 Å². The average molecular weight is 895 g/mol. The Bertz CT molecular complexity index is 4290. The molecule has 10 aromatic carbocycles. The Morgan fingerprint density at radius 2 is 0.986 bits per heavy atom. The molecule has 326 valence electrons. The Morgan fingerprint density at radius 1 is 0.371 bits per heavy atom. The van der Waals surface area contributed by atoms with E-state index < -0.39 is 5.41 Å². The van der Waals surface area contributed by atoms with Crippen LogP contribution in [0.25, 0.3) is 106 Å². The molecule has 1 spiro atoms. The summed E-state index contributed by atoms with van der Waals surface area (Å²) in [5.74, 6) is 3.38. The second-order valence-electron chi connectivity index (χ2n) is 18.2. The molecule has 6 heteroatoms. The van der Waals surface area contributed by atoms with Gasteiger partial charge in [-0.05, 0) is 76.3 Å². The first kappa shape index (κ1) is 38.7. The van der Waals surface area contributed by atoms with Crippen LogP contribution in [0.3, 0.4) is 0 Å². The minimum atomic E-state index is -0.671. The van der Waals surface area contributed by atoms with Crippen LogP contribution in [0.2, 0.25) is 0 Å². The van der Waals surface area contributed by atoms with Crippen molar-refractivity contribution in [3.05, 3.63) is 253 Å². The van der Waals surface area contributed by atoms with Crippen molar-refractivity contribution in [3.8, 4) is 73.6 Å². The van der Waals surface area contributed by atoms with Crippen LogP contribution in [0, 0.1) is 0 Å². The van der Waals surface area contributed by atoms with E-state index in [0.29, 0.717) is 17.5 Å². The smallest absolute Gasteiger partial charge is 0.164 e. The van der Waals surface area contributed by atoms with E-state index in [1.807, 2.05) is 48.5 Å². The summed E-state index contributed by atoms with van der Waals surface area (Å²) in [6, 6.07) is 81.2. The Kier molecular flexibility index (Phi) is 8.18. The summed E-state index contributed by atoms with van der Waals surface area (Å²) in [6.45, 7) is 0. The van der Waals surface area contributed by atoms with Crippen molar-refractivity contribution in [2.45, 2.75) is 5.41 Å². The van der Waals surface area contributed by atoms with E-state index >= 15 is 0 Å². The number of fused-ring (bicyclic) bond motifs is 14. The van der Waals surface area contributed by atoms with E-state index in [4.69, 9.17) is 24.1 Å². The molecule has 15 rings (SSSR count). The SMILES string of the molecule is c1ccc(-c2cccc(-c3nc(-c4ccccc4)nc(-c4ccc(-c5ccc6c(c5)Oc5ccccc5C65c6ccccc6-n6c7ccccc7c7cccc5c76)c5oc6ccccc6c45)n3)c2)cc1. The molecule has 13 aromatic rings. The molecule has 2 aliphatic rings. The topological polar surface area (TPSA) is 66.0 Å². The summed E-state index contributed by atoms with van der Waals surface area (Å²) in [5.41, 5.74) is 15.9. The summed E-state index contributed by atoms with van der Waals surface area (Å²) in [6.07, 6.45) is 0. The summed E-state index contributed by atoms with van der Waals surface area (Å²) < 4.78 is 16.5. The van der Waals surface area contributed by atoms with E-state index in [2.05, 4.69) is 187 Å². The van der Waals surface area contributed by atoms with Crippen molar-refractivity contribution in [1.82, 2.24) is 19.5 Å². The lowest BCUT2D eigenvalue weighted by Gasteiger charge is -2.45. The van der Waals surface area contributed by atoms with Crippen LogP contribution in [0.15, 0.2) is 235 Å². The Morgan fingerprint density at radius 3 is 1.86 bits per heavy atom. The maximum Gasteiger partial charge on any atom is 0.164 e. The molecule has 0 radical (unpaired) electrons. The second-order valence-corrected chi connectivity index (χ2v) is 18.2. The molecule has 2 aliphatic heterocycles. The van der Waals surface area contributed by atoms with Gasteiger partial charge in [-0.1, -0.05) is 182 Å². The first-order chi connectivity index (χ1) is 34.7. The first-order valence-electron chi connectivity index (χ1n) is 23.7. The second kappa shape index (κ2) is 14.8. The fraction of sp³-hybridized carbons (Fsp3) is 0.0156. The van der Waals surface area contributed by atoms with Crippen LogP contribution in [0.5, 0.6) is 11.5 Å². The van der Waals surface area contributed by atoms with Crippen molar-refractivity contribution in [2.24, 2.45) is 0 Å². The zero-order chi connectivity index (χ0) is 45.9. The predicted octanol–water partition coefficient (Wildman–Crippen LogP) is 16.0. The molecule has 0 saturated heterocycles. The predicted molar refractivity (Wildman–Crippen MR) is 281 cm³/mol. The summed E-state index contributed by atoms with van der Waals surface area (Å²) >= 11 is 0. The zero-order valence-electron chi connectivity index (χ0n) is 37.5. The van der Waals surface area contributed by atoms with Gasteiger partial charge in [0.05, 0.1) is 22.1 Å². The number of hydrogen-bond donors (Lipinski definition) is 0. The van der Waals surface area contributed by atoms with Crippen molar-refractivity contribution >= 4 is 43.7 Å². The Hall–Kier alpha value is -9.39. The molecule has 1 atom stereocenters. The molecule has 0 N–H and O–H groups in total. The van der Waals surface area contributed by atoms with Gasteiger partial charge in [0.15, 0.2) is 17.5 Å². The third-order valence-electron chi connectivity index (χ3n) is 14.5. The van der Waals surface area contributed by atoms with Gasteiger partial charge in [0.2, 0.25) is 0 Å². The van der Waals surface area contributed by atoms with Crippen LogP contribution >= 0.6 is 0 Å². The van der Waals surface area contributed by atoms with Crippen molar-refractivity contribution in [2.75, 3.05) is 0 Å². The van der Waals surface area contributed by atoms with Gasteiger partial charge >= 0.3 is 0 Å². The summed E-state index contributed by atoms with van der Waals surface area (Å²) in [5, 5.41) is 4.39. The first-order valence-corrected chi connectivity index (χ1v) is 23.7. The van der Waals surface area contributed by atoms with E-state index in [9.17, 15) is 0 Å². The van der Waals surface area contributed by atoms with Crippen molar-refractivity contribution in [1.29, 1.82) is 0 Å². The largest absolute Gasteiger partial charge is 0.457 e. The maximum atomic E-state index is 7.07. The molecule has 0 saturated carbocycles. The van der Waals surface area contributed by atoms with Gasteiger partial charge in [0, 0.05) is 54.9 Å². The van der Waals surface area contributed by atoms with Crippen LogP contribution in [-0.4, -0.2) is 19.5 Å². The third-order valence-corrected chi connectivity index (χ3v) is 14.5. The van der Waals surface area contributed by atoms with E-state index in [1.165, 1.54) is 38.6 Å². The molecule has 3 aromatic heterocycles. The van der Waals surface area contributed by atoms with Crippen LogP contribution in [-0.2, 0) is 5.41 Å². The fourth-order valence-corrected chi connectivity index (χ4v) is 11.5. The zero-order valence-corrected chi connectivity index (χ0v) is 37.5. The average Bonchev–Trinajstić information content (AvgIpc) is 4.00. The molecule has 6 nitrogen and oxygen atoms in total. The Labute approximate surface area is 402 Å².